The molecule has 0 saturated carbocycles. The molecule has 86 valence electrons. The average molecular weight is 234 g/mol. The largest absolute Gasteiger partial charge is 0.469 e. The van der Waals surface area contributed by atoms with Gasteiger partial charge in [-0.15, -0.1) is 0 Å². The van der Waals surface area contributed by atoms with Crippen molar-refractivity contribution in [3.05, 3.63) is 11.6 Å². The third kappa shape index (κ3) is 4.64. The molecular weight excluding hydrogens is 218 g/mol. The fraction of sp³-hybridized carbons (Fsp3) is 0.700. The first-order valence-electron chi connectivity index (χ1n) is 4.86. The van der Waals surface area contributed by atoms with E-state index in [1.54, 1.807) is 0 Å². The standard InChI is InChI=1S/C10H16ClNO3/c1-8(11)6-12-3-4-15-9(7-12)5-10(13)14-2/h9H,1,3-7H2,2H3/t9-/m0/s1. The number of rotatable bonds is 4. The fourth-order valence-electron chi connectivity index (χ4n) is 1.56. The van der Waals surface area contributed by atoms with Crippen LogP contribution in [0.25, 0.3) is 0 Å². The van der Waals surface area contributed by atoms with Gasteiger partial charge in [0, 0.05) is 24.7 Å². The van der Waals surface area contributed by atoms with E-state index in [0.717, 1.165) is 6.54 Å². The Bertz CT molecular complexity index is 245. The zero-order valence-electron chi connectivity index (χ0n) is 8.87. The fourth-order valence-corrected chi connectivity index (χ4v) is 1.73. The van der Waals surface area contributed by atoms with Gasteiger partial charge in [0.25, 0.3) is 0 Å². The lowest BCUT2D eigenvalue weighted by molar-refractivity contribution is -0.145. The number of halogens is 1. The number of nitrogens with zero attached hydrogens (tertiary/aromatic N) is 1. The number of carbonyl (C=O) groups excluding carboxylic acids is 1. The lowest BCUT2D eigenvalue weighted by Gasteiger charge is -2.32. The quantitative estimate of drug-likeness (QED) is 0.680. The number of esters is 1. The van der Waals surface area contributed by atoms with Crippen molar-refractivity contribution in [3.8, 4) is 0 Å². The summed E-state index contributed by atoms with van der Waals surface area (Å²) in [4.78, 5) is 13.2. The van der Waals surface area contributed by atoms with Crippen LogP contribution in [0.15, 0.2) is 11.6 Å². The van der Waals surface area contributed by atoms with Gasteiger partial charge in [-0.25, -0.2) is 0 Å². The van der Waals surface area contributed by atoms with Crippen LogP contribution < -0.4 is 0 Å². The van der Waals surface area contributed by atoms with E-state index in [9.17, 15) is 4.79 Å². The second-order valence-electron chi connectivity index (χ2n) is 3.53. The maximum absolute atomic E-state index is 11.0. The van der Waals surface area contributed by atoms with Gasteiger partial charge in [-0.05, 0) is 0 Å². The molecule has 0 unspecified atom stereocenters. The Balaban J connectivity index is 2.35. The molecule has 4 nitrogen and oxygen atoms in total. The minimum Gasteiger partial charge on any atom is -0.469 e. The molecule has 15 heavy (non-hydrogen) atoms. The minimum absolute atomic E-state index is 0.0952. The lowest BCUT2D eigenvalue weighted by Crippen LogP contribution is -2.43. The van der Waals surface area contributed by atoms with Gasteiger partial charge < -0.3 is 9.47 Å². The van der Waals surface area contributed by atoms with Crippen molar-refractivity contribution in [2.75, 3.05) is 33.4 Å². The van der Waals surface area contributed by atoms with Crippen molar-refractivity contribution in [2.45, 2.75) is 12.5 Å². The predicted molar refractivity (Wildman–Crippen MR) is 57.8 cm³/mol. The number of ether oxygens (including phenoxy) is 2. The zero-order chi connectivity index (χ0) is 11.3. The summed E-state index contributed by atoms with van der Waals surface area (Å²) in [5, 5.41) is 0.605. The van der Waals surface area contributed by atoms with E-state index in [1.165, 1.54) is 7.11 Å². The van der Waals surface area contributed by atoms with E-state index in [2.05, 4.69) is 16.2 Å². The smallest absolute Gasteiger partial charge is 0.308 e. The number of hydrogen-bond acceptors (Lipinski definition) is 4. The average Bonchev–Trinajstić information content (AvgIpc) is 2.17. The highest BCUT2D eigenvalue weighted by Crippen LogP contribution is 2.11. The first-order chi connectivity index (χ1) is 7.11. The Morgan fingerprint density at radius 2 is 2.47 bits per heavy atom. The molecular formula is C10H16ClNO3. The molecule has 1 atom stereocenters. The van der Waals surface area contributed by atoms with Gasteiger partial charge in [-0.1, -0.05) is 18.2 Å². The van der Waals surface area contributed by atoms with Crippen LogP contribution in [-0.4, -0.2) is 50.3 Å². The molecule has 1 rings (SSSR count). The molecule has 1 aliphatic heterocycles. The Hall–Kier alpha value is -0.580. The van der Waals surface area contributed by atoms with Gasteiger partial charge in [0.2, 0.25) is 0 Å². The minimum atomic E-state index is -0.244. The summed E-state index contributed by atoms with van der Waals surface area (Å²) in [7, 11) is 1.38. The second kappa shape index (κ2) is 6.10. The highest BCUT2D eigenvalue weighted by Gasteiger charge is 2.23. The third-order valence-electron chi connectivity index (χ3n) is 2.24. The summed E-state index contributed by atoms with van der Waals surface area (Å²) < 4.78 is 10.0. The van der Waals surface area contributed by atoms with Crippen molar-refractivity contribution in [3.63, 3.8) is 0 Å². The molecule has 0 amide bonds. The molecule has 0 aromatic heterocycles. The Morgan fingerprint density at radius 1 is 1.73 bits per heavy atom. The van der Waals surface area contributed by atoms with Crippen LogP contribution in [0.4, 0.5) is 0 Å². The predicted octanol–water partition coefficient (Wildman–Crippen LogP) is 1.00. The van der Waals surface area contributed by atoms with E-state index in [0.29, 0.717) is 31.1 Å². The lowest BCUT2D eigenvalue weighted by atomic mass is 10.2. The molecule has 0 N–H and O–H groups in total. The summed E-state index contributed by atoms with van der Waals surface area (Å²) >= 11 is 5.72. The first kappa shape index (κ1) is 12.5. The first-order valence-corrected chi connectivity index (χ1v) is 5.23. The highest BCUT2D eigenvalue weighted by molar-refractivity contribution is 6.29. The van der Waals surface area contributed by atoms with Crippen LogP contribution in [-0.2, 0) is 14.3 Å². The SMILES string of the molecule is C=C(Cl)CN1CCO[C@@H](CC(=O)OC)C1. The number of hydrogen-bond donors (Lipinski definition) is 0. The molecule has 0 aromatic carbocycles. The van der Waals surface area contributed by atoms with Gasteiger partial charge in [-0.2, -0.15) is 0 Å². The van der Waals surface area contributed by atoms with E-state index < -0.39 is 0 Å². The van der Waals surface area contributed by atoms with E-state index in [-0.39, 0.29) is 12.1 Å². The van der Waals surface area contributed by atoms with Gasteiger partial charge in [-0.3, -0.25) is 9.69 Å². The number of carbonyl (C=O) groups is 1. The van der Waals surface area contributed by atoms with Crippen molar-refractivity contribution >= 4 is 17.6 Å². The molecule has 0 spiro atoms. The summed E-state index contributed by atoms with van der Waals surface area (Å²) in [6.07, 6.45) is 0.198. The maximum atomic E-state index is 11.0. The van der Waals surface area contributed by atoms with Gasteiger partial charge in [0.1, 0.15) is 0 Å². The molecule has 5 heteroatoms. The Morgan fingerprint density at radius 3 is 3.07 bits per heavy atom. The zero-order valence-corrected chi connectivity index (χ0v) is 9.63. The summed E-state index contributed by atoms with van der Waals surface area (Å²) in [5.41, 5.74) is 0. The van der Waals surface area contributed by atoms with E-state index in [1.807, 2.05) is 0 Å². The summed E-state index contributed by atoms with van der Waals surface area (Å²) in [6, 6.07) is 0. The topological polar surface area (TPSA) is 38.8 Å². The van der Waals surface area contributed by atoms with Crippen molar-refractivity contribution in [1.82, 2.24) is 4.90 Å². The van der Waals surface area contributed by atoms with Crippen LogP contribution in [0.1, 0.15) is 6.42 Å². The number of methoxy groups -OCH3 is 1. The normalized spacial score (nSPS) is 22.4. The molecule has 0 radical (unpaired) electrons. The Kier molecular flexibility index (Phi) is 5.08. The van der Waals surface area contributed by atoms with Crippen molar-refractivity contribution < 1.29 is 14.3 Å². The molecule has 0 aliphatic carbocycles. The molecule has 1 fully saturated rings. The van der Waals surface area contributed by atoms with Crippen LogP contribution in [0.2, 0.25) is 0 Å². The summed E-state index contributed by atoms with van der Waals surface area (Å²) in [5.74, 6) is -0.244. The molecule has 0 aromatic rings. The van der Waals surface area contributed by atoms with Crippen LogP contribution >= 0.6 is 11.6 Å². The molecule has 1 heterocycles. The van der Waals surface area contributed by atoms with Crippen molar-refractivity contribution in [1.29, 1.82) is 0 Å². The monoisotopic (exact) mass is 233 g/mol. The maximum Gasteiger partial charge on any atom is 0.308 e. The van der Waals surface area contributed by atoms with Gasteiger partial charge >= 0.3 is 5.97 Å². The third-order valence-corrected chi connectivity index (χ3v) is 2.36. The van der Waals surface area contributed by atoms with Crippen LogP contribution in [0.5, 0.6) is 0 Å². The second-order valence-corrected chi connectivity index (χ2v) is 4.06. The summed E-state index contributed by atoms with van der Waals surface area (Å²) in [6.45, 7) is 6.42. The molecule has 1 saturated heterocycles. The van der Waals surface area contributed by atoms with E-state index in [4.69, 9.17) is 16.3 Å². The van der Waals surface area contributed by atoms with E-state index >= 15 is 0 Å². The molecule has 1 aliphatic rings. The number of morpholine rings is 1. The highest BCUT2D eigenvalue weighted by atomic mass is 35.5. The van der Waals surface area contributed by atoms with Gasteiger partial charge in [0.05, 0.1) is 26.2 Å². The van der Waals surface area contributed by atoms with Crippen LogP contribution in [0.3, 0.4) is 0 Å². The van der Waals surface area contributed by atoms with Crippen LogP contribution in [0, 0.1) is 0 Å². The molecule has 0 bridgehead atoms. The van der Waals surface area contributed by atoms with Crippen molar-refractivity contribution in [2.24, 2.45) is 0 Å². The Labute approximate surface area is 94.8 Å². The van der Waals surface area contributed by atoms with Gasteiger partial charge in [0.15, 0.2) is 0 Å².